The van der Waals surface area contributed by atoms with Crippen molar-refractivity contribution in [3.8, 4) is 12.3 Å². The summed E-state index contributed by atoms with van der Waals surface area (Å²) >= 11 is 0. The minimum Gasteiger partial charge on any atom is -0.356 e. The van der Waals surface area contributed by atoms with Crippen LogP contribution >= 0.6 is 0 Å². The number of rotatable bonds is 7. The zero-order valence-corrected chi connectivity index (χ0v) is 11.4. The molecule has 5 heteroatoms. The van der Waals surface area contributed by atoms with Gasteiger partial charge in [-0.15, -0.1) is 6.42 Å². The largest absolute Gasteiger partial charge is 0.356 e. The molecule has 1 atom stereocenters. The first kappa shape index (κ1) is 16.3. The molecule has 0 rings (SSSR count). The molecular weight excluding hydrogens is 230 g/mol. The Balaban J connectivity index is 3.78. The number of nitrogens with one attached hydrogen (secondary N) is 3. The third-order valence-corrected chi connectivity index (χ3v) is 2.34. The van der Waals surface area contributed by atoms with E-state index in [9.17, 15) is 9.59 Å². The fraction of sp³-hybridized carbons (Fsp3) is 0.692. The van der Waals surface area contributed by atoms with Gasteiger partial charge in [0.25, 0.3) is 0 Å². The lowest BCUT2D eigenvalue weighted by Gasteiger charge is -2.16. The Morgan fingerprint density at radius 1 is 1.22 bits per heavy atom. The third-order valence-electron chi connectivity index (χ3n) is 2.34. The lowest BCUT2D eigenvalue weighted by Crippen LogP contribution is -2.44. The standard InChI is InChI=1S/C13H23N3O2/c1-5-8-14-12(17)7-9-15-13(18)16-11(6-2)10(3)4/h2,10-11H,5,7-9H2,1,3-4H3,(H,14,17)(H2,15,16,18)/t11-/m1/s1. The van der Waals surface area contributed by atoms with Crippen molar-refractivity contribution in [2.45, 2.75) is 39.7 Å². The SMILES string of the molecule is C#C[C@@H](NC(=O)NCCC(=O)NCCC)C(C)C. The molecule has 3 amide bonds. The van der Waals surface area contributed by atoms with Gasteiger partial charge in [-0.25, -0.2) is 4.79 Å². The van der Waals surface area contributed by atoms with Gasteiger partial charge in [0.1, 0.15) is 0 Å². The number of amides is 3. The number of carbonyl (C=O) groups excluding carboxylic acids is 2. The van der Waals surface area contributed by atoms with Gasteiger partial charge >= 0.3 is 6.03 Å². The van der Waals surface area contributed by atoms with Crippen LogP contribution in [0.1, 0.15) is 33.6 Å². The number of terminal acetylenes is 1. The Hall–Kier alpha value is -1.70. The van der Waals surface area contributed by atoms with Gasteiger partial charge in [-0.2, -0.15) is 0 Å². The number of urea groups is 1. The van der Waals surface area contributed by atoms with E-state index < -0.39 is 0 Å². The summed E-state index contributed by atoms with van der Waals surface area (Å²) in [6, 6.07) is -0.631. The van der Waals surface area contributed by atoms with Crippen LogP contribution in [0, 0.1) is 18.3 Å². The maximum atomic E-state index is 11.5. The van der Waals surface area contributed by atoms with Crippen molar-refractivity contribution in [2.24, 2.45) is 5.92 Å². The summed E-state index contributed by atoms with van der Waals surface area (Å²) in [7, 11) is 0. The first-order valence-electron chi connectivity index (χ1n) is 6.28. The summed E-state index contributed by atoms with van der Waals surface area (Å²) in [5, 5.41) is 8.00. The summed E-state index contributed by atoms with van der Waals surface area (Å²) in [5.41, 5.74) is 0. The molecule has 102 valence electrons. The highest BCUT2D eigenvalue weighted by atomic mass is 16.2. The Kier molecular flexibility index (Phi) is 8.46. The van der Waals surface area contributed by atoms with Crippen LogP contribution in [0.4, 0.5) is 4.79 Å². The van der Waals surface area contributed by atoms with Gasteiger partial charge in [-0.05, 0) is 12.3 Å². The van der Waals surface area contributed by atoms with Crippen LogP contribution in [0.5, 0.6) is 0 Å². The molecule has 0 bridgehead atoms. The third kappa shape index (κ3) is 7.55. The van der Waals surface area contributed by atoms with E-state index in [2.05, 4.69) is 21.9 Å². The highest BCUT2D eigenvalue weighted by molar-refractivity contribution is 5.78. The molecule has 0 aromatic rings. The van der Waals surface area contributed by atoms with E-state index in [4.69, 9.17) is 6.42 Å². The van der Waals surface area contributed by atoms with Crippen LogP contribution in [0.15, 0.2) is 0 Å². The minimum atomic E-state index is -0.338. The molecule has 5 nitrogen and oxygen atoms in total. The summed E-state index contributed by atoms with van der Waals surface area (Å²) in [4.78, 5) is 22.7. The van der Waals surface area contributed by atoms with E-state index in [1.54, 1.807) is 0 Å². The van der Waals surface area contributed by atoms with Crippen LogP contribution in [0.3, 0.4) is 0 Å². The van der Waals surface area contributed by atoms with Crippen molar-refractivity contribution in [1.82, 2.24) is 16.0 Å². The molecule has 0 aliphatic carbocycles. The molecule has 0 aromatic heterocycles. The van der Waals surface area contributed by atoms with Crippen LogP contribution < -0.4 is 16.0 Å². The maximum absolute atomic E-state index is 11.5. The molecule has 0 unspecified atom stereocenters. The summed E-state index contributed by atoms with van der Waals surface area (Å²) in [6.07, 6.45) is 6.47. The molecule has 0 aliphatic rings. The van der Waals surface area contributed by atoms with Crippen molar-refractivity contribution >= 4 is 11.9 Å². The highest BCUT2D eigenvalue weighted by Crippen LogP contribution is 1.98. The zero-order valence-electron chi connectivity index (χ0n) is 11.4. The Bertz CT molecular complexity index is 308. The number of hydrogen-bond donors (Lipinski definition) is 3. The van der Waals surface area contributed by atoms with E-state index in [0.29, 0.717) is 13.1 Å². The first-order valence-corrected chi connectivity index (χ1v) is 6.28. The van der Waals surface area contributed by atoms with E-state index in [0.717, 1.165) is 6.42 Å². The average Bonchev–Trinajstić information content (AvgIpc) is 2.33. The molecule has 0 aromatic carbocycles. The highest BCUT2D eigenvalue weighted by Gasteiger charge is 2.12. The Morgan fingerprint density at radius 2 is 1.89 bits per heavy atom. The van der Waals surface area contributed by atoms with Gasteiger partial charge in [0.05, 0.1) is 6.04 Å². The average molecular weight is 253 g/mol. The first-order chi connectivity index (χ1) is 8.51. The van der Waals surface area contributed by atoms with Gasteiger partial charge in [0, 0.05) is 19.5 Å². The molecule has 0 radical (unpaired) electrons. The Morgan fingerprint density at radius 3 is 2.39 bits per heavy atom. The summed E-state index contributed by atoms with van der Waals surface area (Å²) in [5.74, 6) is 2.62. The van der Waals surface area contributed by atoms with Crippen LogP contribution in [-0.4, -0.2) is 31.1 Å². The molecule has 3 N–H and O–H groups in total. The Labute approximate surface area is 109 Å². The van der Waals surface area contributed by atoms with Crippen LogP contribution in [0.2, 0.25) is 0 Å². The molecule has 0 saturated carbocycles. The molecule has 0 fully saturated rings. The normalized spacial score (nSPS) is 11.5. The van der Waals surface area contributed by atoms with Gasteiger partial charge in [-0.1, -0.05) is 26.7 Å². The summed E-state index contributed by atoms with van der Waals surface area (Å²) in [6.45, 7) is 6.82. The predicted octanol–water partition coefficient (Wildman–Crippen LogP) is 0.860. The van der Waals surface area contributed by atoms with Gasteiger partial charge in [-0.3, -0.25) is 4.79 Å². The lowest BCUT2D eigenvalue weighted by molar-refractivity contribution is -0.120. The van der Waals surface area contributed by atoms with Crippen LogP contribution in [0.25, 0.3) is 0 Å². The lowest BCUT2D eigenvalue weighted by atomic mass is 10.1. The van der Waals surface area contributed by atoms with Crippen molar-refractivity contribution < 1.29 is 9.59 Å². The molecule has 0 spiro atoms. The minimum absolute atomic E-state index is 0.0606. The van der Waals surface area contributed by atoms with Crippen molar-refractivity contribution in [3.05, 3.63) is 0 Å². The smallest absolute Gasteiger partial charge is 0.315 e. The zero-order chi connectivity index (χ0) is 14.0. The topological polar surface area (TPSA) is 70.2 Å². The van der Waals surface area contributed by atoms with Crippen molar-refractivity contribution in [3.63, 3.8) is 0 Å². The predicted molar refractivity (Wildman–Crippen MR) is 71.9 cm³/mol. The van der Waals surface area contributed by atoms with Gasteiger partial charge in [0.2, 0.25) is 5.91 Å². The second kappa shape index (κ2) is 9.34. The second-order valence-electron chi connectivity index (χ2n) is 4.39. The van der Waals surface area contributed by atoms with Gasteiger partial charge < -0.3 is 16.0 Å². The van der Waals surface area contributed by atoms with E-state index in [-0.39, 0.29) is 30.3 Å². The van der Waals surface area contributed by atoms with Gasteiger partial charge in [0.15, 0.2) is 0 Å². The second-order valence-corrected chi connectivity index (χ2v) is 4.39. The van der Waals surface area contributed by atoms with E-state index in [1.807, 2.05) is 20.8 Å². The fourth-order valence-electron chi connectivity index (χ4n) is 1.24. The monoisotopic (exact) mass is 253 g/mol. The van der Waals surface area contributed by atoms with Crippen molar-refractivity contribution in [2.75, 3.05) is 13.1 Å². The maximum Gasteiger partial charge on any atom is 0.315 e. The fourth-order valence-corrected chi connectivity index (χ4v) is 1.24. The van der Waals surface area contributed by atoms with Crippen molar-refractivity contribution in [1.29, 1.82) is 0 Å². The molecule has 0 aliphatic heterocycles. The van der Waals surface area contributed by atoms with E-state index >= 15 is 0 Å². The molecular formula is C13H23N3O2. The number of carbonyl (C=O) groups is 2. The van der Waals surface area contributed by atoms with E-state index in [1.165, 1.54) is 0 Å². The molecule has 0 heterocycles. The molecule has 0 saturated heterocycles. The molecule has 18 heavy (non-hydrogen) atoms. The number of hydrogen-bond acceptors (Lipinski definition) is 2. The quantitative estimate of drug-likeness (QED) is 0.589. The summed E-state index contributed by atoms with van der Waals surface area (Å²) < 4.78 is 0. The van der Waals surface area contributed by atoms with Crippen LogP contribution in [-0.2, 0) is 4.79 Å².